The summed E-state index contributed by atoms with van der Waals surface area (Å²) < 4.78 is 15.9. The molecule has 1 aromatic carbocycles. The first kappa shape index (κ1) is 19.4. The van der Waals surface area contributed by atoms with Crippen molar-refractivity contribution < 1.29 is 9.18 Å². The van der Waals surface area contributed by atoms with Gasteiger partial charge in [-0.2, -0.15) is 5.10 Å². The molecule has 1 aliphatic carbocycles. The number of halogens is 2. The molecular formula is C18H24ClFN4O. The quantitative estimate of drug-likeness (QED) is 0.873. The largest absolute Gasteiger partial charge is 0.344 e. The Bertz CT molecular complexity index is 801. The Morgan fingerprint density at radius 2 is 2.12 bits per heavy atom. The highest BCUT2D eigenvalue weighted by atomic mass is 35.5. The molecule has 0 bridgehead atoms. The van der Waals surface area contributed by atoms with Gasteiger partial charge in [-0.15, -0.1) is 12.4 Å². The number of aromatic nitrogens is 2. The van der Waals surface area contributed by atoms with Crippen LogP contribution in [0.25, 0.3) is 5.69 Å². The molecule has 1 aliphatic rings. The molecule has 0 saturated heterocycles. The zero-order valence-electron chi connectivity index (χ0n) is 14.7. The Kier molecular flexibility index (Phi) is 5.54. The van der Waals surface area contributed by atoms with Gasteiger partial charge in [0, 0.05) is 23.3 Å². The Balaban J connectivity index is 0.00000225. The van der Waals surface area contributed by atoms with Gasteiger partial charge in [0.1, 0.15) is 11.5 Å². The lowest BCUT2D eigenvalue weighted by Crippen LogP contribution is -2.49. The third-order valence-electron chi connectivity index (χ3n) is 4.44. The maximum atomic E-state index is 14.4. The van der Waals surface area contributed by atoms with E-state index in [1.807, 2.05) is 26.8 Å². The number of benzene rings is 1. The van der Waals surface area contributed by atoms with E-state index in [1.54, 1.807) is 10.7 Å². The third kappa shape index (κ3) is 3.70. The zero-order valence-corrected chi connectivity index (χ0v) is 15.5. The molecule has 136 valence electrons. The summed E-state index contributed by atoms with van der Waals surface area (Å²) >= 11 is 0. The molecule has 3 rings (SSSR count). The lowest BCUT2D eigenvalue weighted by molar-refractivity contribution is 0.0909. The minimum Gasteiger partial charge on any atom is -0.344 e. The van der Waals surface area contributed by atoms with Crippen molar-refractivity contribution >= 4 is 18.3 Å². The van der Waals surface area contributed by atoms with Crippen molar-refractivity contribution in [2.24, 2.45) is 5.73 Å². The fourth-order valence-corrected chi connectivity index (χ4v) is 3.02. The number of nitrogens with one attached hydrogen (secondary N) is 1. The summed E-state index contributed by atoms with van der Waals surface area (Å²) in [7, 11) is 0. The Morgan fingerprint density at radius 3 is 2.76 bits per heavy atom. The maximum Gasteiger partial charge on any atom is 0.272 e. The van der Waals surface area contributed by atoms with Crippen molar-refractivity contribution in [1.82, 2.24) is 15.1 Å². The second-order valence-electron chi connectivity index (χ2n) is 7.04. The molecule has 0 saturated carbocycles. The molecular weight excluding hydrogens is 343 g/mol. The van der Waals surface area contributed by atoms with E-state index >= 15 is 0 Å². The average molecular weight is 367 g/mol. The van der Waals surface area contributed by atoms with Crippen molar-refractivity contribution in [2.75, 3.05) is 6.54 Å². The van der Waals surface area contributed by atoms with Gasteiger partial charge in [0.05, 0.1) is 0 Å². The Hall–Kier alpha value is -1.92. The molecule has 0 atom stereocenters. The third-order valence-corrected chi connectivity index (χ3v) is 4.44. The molecule has 7 heteroatoms. The monoisotopic (exact) mass is 366 g/mol. The van der Waals surface area contributed by atoms with E-state index in [0.29, 0.717) is 17.9 Å². The number of hydrogen-bond donors (Lipinski definition) is 2. The fraction of sp³-hybridized carbons (Fsp3) is 0.444. The number of rotatable bonds is 4. The summed E-state index contributed by atoms with van der Waals surface area (Å²) in [4.78, 5) is 12.6. The normalized spacial score (nSPS) is 13.3. The van der Waals surface area contributed by atoms with E-state index in [1.165, 1.54) is 6.07 Å². The van der Waals surface area contributed by atoms with Gasteiger partial charge in [0.25, 0.3) is 5.91 Å². The van der Waals surface area contributed by atoms with Gasteiger partial charge in [-0.3, -0.25) is 4.79 Å². The number of fused-ring (bicyclic) bond motifs is 1. The number of hydrogen-bond acceptors (Lipinski definition) is 3. The van der Waals surface area contributed by atoms with Crippen LogP contribution in [0.2, 0.25) is 0 Å². The predicted molar refractivity (Wildman–Crippen MR) is 98.1 cm³/mol. The number of aryl methyl sites for hydroxylation is 1. The molecule has 0 aliphatic heterocycles. The molecule has 3 N–H and O–H groups in total. The first-order valence-electron chi connectivity index (χ1n) is 8.22. The van der Waals surface area contributed by atoms with E-state index in [4.69, 9.17) is 5.73 Å². The predicted octanol–water partition coefficient (Wildman–Crippen LogP) is 2.70. The molecule has 0 radical (unpaired) electrons. The molecule has 5 nitrogen and oxygen atoms in total. The van der Waals surface area contributed by atoms with Crippen LogP contribution in [-0.4, -0.2) is 27.8 Å². The van der Waals surface area contributed by atoms with E-state index in [-0.39, 0.29) is 24.1 Å². The average Bonchev–Trinajstić information content (AvgIpc) is 3.09. The number of carbonyl (C=O) groups is 1. The van der Waals surface area contributed by atoms with Gasteiger partial charge in [-0.05, 0) is 57.7 Å². The van der Waals surface area contributed by atoms with Crippen molar-refractivity contribution in [3.8, 4) is 5.69 Å². The van der Waals surface area contributed by atoms with Crippen LogP contribution in [0.15, 0.2) is 18.2 Å². The molecule has 25 heavy (non-hydrogen) atoms. The van der Waals surface area contributed by atoms with Crippen molar-refractivity contribution in [1.29, 1.82) is 0 Å². The minimum absolute atomic E-state index is 0. The van der Waals surface area contributed by atoms with Crippen molar-refractivity contribution in [3.63, 3.8) is 0 Å². The second kappa shape index (κ2) is 7.14. The van der Waals surface area contributed by atoms with E-state index in [0.717, 1.165) is 36.1 Å². The number of carbonyl (C=O) groups excluding carboxylic acids is 1. The zero-order chi connectivity index (χ0) is 17.5. The van der Waals surface area contributed by atoms with Gasteiger partial charge >= 0.3 is 0 Å². The molecule has 1 heterocycles. The topological polar surface area (TPSA) is 72.9 Å². The smallest absolute Gasteiger partial charge is 0.272 e. The van der Waals surface area contributed by atoms with Gasteiger partial charge in [-0.1, -0.05) is 6.07 Å². The summed E-state index contributed by atoms with van der Waals surface area (Å²) in [5.41, 5.74) is 8.63. The van der Waals surface area contributed by atoms with Crippen LogP contribution in [0.5, 0.6) is 0 Å². The lowest BCUT2D eigenvalue weighted by atomic mass is 10.1. The number of nitrogens with two attached hydrogens (primary N) is 1. The van der Waals surface area contributed by atoms with Crippen LogP contribution in [0.1, 0.15) is 47.6 Å². The molecule has 0 spiro atoms. The van der Waals surface area contributed by atoms with Gasteiger partial charge in [0.2, 0.25) is 0 Å². The summed E-state index contributed by atoms with van der Waals surface area (Å²) in [5, 5.41) is 7.34. The lowest BCUT2D eigenvalue weighted by Gasteiger charge is -2.23. The molecule has 0 unspecified atom stereocenters. The fourth-order valence-electron chi connectivity index (χ4n) is 3.02. The summed E-state index contributed by atoms with van der Waals surface area (Å²) in [5.74, 6) is -0.587. The molecule has 1 aromatic heterocycles. The van der Waals surface area contributed by atoms with Gasteiger partial charge in [0.15, 0.2) is 5.69 Å². The highest BCUT2D eigenvalue weighted by molar-refractivity contribution is 5.94. The van der Waals surface area contributed by atoms with Crippen LogP contribution in [0, 0.1) is 12.7 Å². The molecule has 0 fully saturated rings. The van der Waals surface area contributed by atoms with E-state index < -0.39 is 5.54 Å². The summed E-state index contributed by atoms with van der Waals surface area (Å²) in [6.07, 6.45) is 2.53. The van der Waals surface area contributed by atoms with Crippen LogP contribution in [-0.2, 0) is 12.8 Å². The highest BCUT2D eigenvalue weighted by Gasteiger charge is 2.30. The number of amides is 1. The van der Waals surface area contributed by atoms with Gasteiger partial charge < -0.3 is 11.1 Å². The van der Waals surface area contributed by atoms with Crippen LogP contribution < -0.4 is 11.1 Å². The Labute approximate surface area is 153 Å². The summed E-state index contributed by atoms with van der Waals surface area (Å²) in [6, 6.07) is 5.04. The van der Waals surface area contributed by atoms with E-state index in [9.17, 15) is 9.18 Å². The minimum atomic E-state index is -0.512. The molecule has 2 aromatic rings. The first-order valence-corrected chi connectivity index (χ1v) is 8.22. The number of nitrogens with zero attached hydrogens (tertiary/aromatic N) is 2. The van der Waals surface area contributed by atoms with Crippen molar-refractivity contribution in [3.05, 3.63) is 46.5 Å². The second-order valence-corrected chi connectivity index (χ2v) is 7.04. The maximum absolute atomic E-state index is 14.4. The highest BCUT2D eigenvalue weighted by Crippen LogP contribution is 2.29. The molecule has 1 amide bonds. The van der Waals surface area contributed by atoms with Crippen LogP contribution in [0.4, 0.5) is 4.39 Å². The summed E-state index contributed by atoms with van der Waals surface area (Å²) in [6.45, 7) is 5.89. The van der Waals surface area contributed by atoms with Gasteiger partial charge in [-0.25, -0.2) is 9.07 Å². The van der Waals surface area contributed by atoms with Crippen LogP contribution >= 0.6 is 12.4 Å². The van der Waals surface area contributed by atoms with Crippen molar-refractivity contribution in [2.45, 2.75) is 45.6 Å². The SMILES string of the molecule is Cc1ccc(-n2nc(C(=O)NC(C)(C)CN)c3c2CCC3)c(F)c1.Cl. The van der Waals surface area contributed by atoms with Crippen LogP contribution in [0.3, 0.4) is 0 Å². The first-order chi connectivity index (χ1) is 11.3. The standard InChI is InChI=1S/C18H23FN4O.ClH/c1-11-7-8-15(13(19)9-11)23-14-6-4-5-12(14)16(22-23)17(24)21-18(2,3)10-20;/h7-9H,4-6,10,20H2,1-3H3,(H,21,24);1H. The van der Waals surface area contributed by atoms with E-state index in [2.05, 4.69) is 10.4 Å². The Morgan fingerprint density at radius 1 is 1.40 bits per heavy atom.